The number of nitrogens with zero attached hydrogens (tertiary/aromatic N) is 1. The third kappa shape index (κ3) is 3.64. The van der Waals surface area contributed by atoms with Gasteiger partial charge in [0.05, 0.1) is 31.7 Å². The van der Waals surface area contributed by atoms with Gasteiger partial charge in [0.15, 0.2) is 0 Å². The fourth-order valence-corrected chi connectivity index (χ4v) is 2.92. The summed E-state index contributed by atoms with van der Waals surface area (Å²) in [5.74, 6) is 0.309. The molecule has 136 valence electrons. The Balaban J connectivity index is 1.65. The van der Waals surface area contributed by atoms with Gasteiger partial charge in [-0.3, -0.25) is 9.59 Å². The number of para-hydroxylation sites is 1. The van der Waals surface area contributed by atoms with E-state index in [1.54, 1.807) is 37.3 Å². The van der Waals surface area contributed by atoms with Crippen molar-refractivity contribution in [3.63, 3.8) is 0 Å². The lowest BCUT2D eigenvalue weighted by molar-refractivity contribution is -0.123. The van der Waals surface area contributed by atoms with E-state index in [1.165, 1.54) is 7.11 Å². The highest BCUT2D eigenvalue weighted by Crippen LogP contribution is 2.42. The largest absolute Gasteiger partial charge is 0.497 e. The van der Waals surface area contributed by atoms with E-state index >= 15 is 0 Å². The van der Waals surface area contributed by atoms with E-state index in [2.05, 4.69) is 5.32 Å². The molecule has 0 bridgehead atoms. The molecule has 2 aromatic rings. The Bertz CT molecular complexity index is 807. The normalized spacial score (nSPS) is 18.0. The van der Waals surface area contributed by atoms with Gasteiger partial charge in [-0.1, -0.05) is 18.2 Å². The second kappa shape index (κ2) is 7.47. The second-order valence-corrected chi connectivity index (χ2v) is 6.24. The molecule has 6 nitrogen and oxygen atoms in total. The van der Waals surface area contributed by atoms with E-state index in [0.29, 0.717) is 23.6 Å². The summed E-state index contributed by atoms with van der Waals surface area (Å²) < 4.78 is 10.5. The van der Waals surface area contributed by atoms with Crippen LogP contribution in [0.5, 0.6) is 11.5 Å². The zero-order valence-corrected chi connectivity index (χ0v) is 15.1. The molecule has 2 atom stereocenters. The molecule has 26 heavy (non-hydrogen) atoms. The lowest BCUT2D eigenvalue weighted by Gasteiger charge is -2.17. The average molecular weight is 354 g/mol. The van der Waals surface area contributed by atoms with Gasteiger partial charge in [0.1, 0.15) is 11.5 Å². The molecule has 0 aliphatic heterocycles. The number of carbonyl (C=O) groups is 2. The molecule has 3 rings (SSSR count). The van der Waals surface area contributed by atoms with Crippen molar-refractivity contribution in [2.24, 2.45) is 11.8 Å². The lowest BCUT2D eigenvalue weighted by Crippen LogP contribution is -2.29. The first-order chi connectivity index (χ1) is 12.5. The van der Waals surface area contributed by atoms with Gasteiger partial charge in [-0.2, -0.15) is 0 Å². The second-order valence-electron chi connectivity index (χ2n) is 6.24. The monoisotopic (exact) mass is 354 g/mol. The first kappa shape index (κ1) is 17.8. The third-order valence-corrected chi connectivity index (χ3v) is 4.58. The van der Waals surface area contributed by atoms with Crippen LogP contribution in [-0.2, 0) is 9.59 Å². The Morgan fingerprint density at radius 1 is 1.04 bits per heavy atom. The summed E-state index contributed by atoms with van der Waals surface area (Å²) >= 11 is 0. The van der Waals surface area contributed by atoms with Crippen LogP contribution in [0.3, 0.4) is 0 Å². The van der Waals surface area contributed by atoms with Gasteiger partial charge < -0.3 is 19.7 Å². The fraction of sp³-hybridized carbons (Fsp3) is 0.300. The van der Waals surface area contributed by atoms with Gasteiger partial charge in [-0.25, -0.2) is 0 Å². The summed E-state index contributed by atoms with van der Waals surface area (Å²) in [5.41, 5.74) is 1.35. The minimum atomic E-state index is -0.329. The molecule has 1 saturated carbocycles. The maximum Gasteiger partial charge on any atom is 0.230 e. The zero-order valence-electron chi connectivity index (χ0n) is 15.1. The smallest absolute Gasteiger partial charge is 0.230 e. The Kier molecular flexibility index (Phi) is 5.11. The maximum absolute atomic E-state index is 12.6. The number of hydrogen-bond donors (Lipinski definition) is 1. The Labute approximate surface area is 152 Å². The van der Waals surface area contributed by atoms with Crippen LogP contribution in [0.1, 0.15) is 6.42 Å². The SMILES string of the molecule is COc1ccc(OC)c(NC(=O)C2CC2C(=O)N(C)c2ccccc2)c1. The van der Waals surface area contributed by atoms with E-state index in [0.717, 1.165) is 5.69 Å². The number of rotatable bonds is 6. The lowest BCUT2D eigenvalue weighted by atomic mass is 10.2. The van der Waals surface area contributed by atoms with Crippen molar-refractivity contribution in [3.05, 3.63) is 48.5 Å². The van der Waals surface area contributed by atoms with Gasteiger partial charge in [-0.05, 0) is 30.7 Å². The summed E-state index contributed by atoms with van der Waals surface area (Å²) in [6, 6.07) is 14.6. The van der Waals surface area contributed by atoms with Crippen LogP contribution in [-0.4, -0.2) is 33.1 Å². The molecular formula is C20H22N2O4. The fourth-order valence-electron chi connectivity index (χ4n) is 2.92. The molecule has 2 unspecified atom stereocenters. The van der Waals surface area contributed by atoms with Crippen molar-refractivity contribution in [1.29, 1.82) is 0 Å². The molecule has 1 aliphatic carbocycles. The molecule has 0 aromatic heterocycles. The van der Waals surface area contributed by atoms with E-state index in [-0.39, 0.29) is 23.7 Å². The third-order valence-electron chi connectivity index (χ3n) is 4.58. The number of carbonyl (C=O) groups excluding carboxylic acids is 2. The minimum Gasteiger partial charge on any atom is -0.497 e. The van der Waals surface area contributed by atoms with E-state index in [9.17, 15) is 9.59 Å². The summed E-state index contributed by atoms with van der Waals surface area (Å²) in [6.07, 6.45) is 0.550. The highest BCUT2D eigenvalue weighted by Gasteiger charge is 2.49. The molecule has 1 aliphatic rings. The highest BCUT2D eigenvalue weighted by molar-refractivity contribution is 6.04. The van der Waals surface area contributed by atoms with E-state index in [1.807, 2.05) is 30.3 Å². The van der Waals surface area contributed by atoms with Gasteiger partial charge in [0.2, 0.25) is 11.8 Å². The average Bonchev–Trinajstić information content (AvgIpc) is 3.48. The Morgan fingerprint density at radius 3 is 2.42 bits per heavy atom. The predicted octanol–water partition coefficient (Wildman–Crippen LogP) is 2.94. The van der Waals surface area contributed by atoms with E-state index in [4.69, 9.17) is 9.47 Å². The number of anilines is 2. The standard InChI is InChI=1S/C20H22N2O4/c1-22(13-7-5-4-6-8-13)20(24)16-12-15(16)19(23)21-17-11-14(25-2)9-10-18(17)26-3/h4-11,15-16H,12H2,1-3H3,(H,21,23). The van der Waals surface area contributed by atoms with Crippen molar-refractivity contribution in [2.75, 3.05) is 31.5 Å². The predicted molar refractivity (Wildman–Crippen MR) is 99.6 cm³/mol. The number of benzene rings is 2. The van der Waals surface area contributed by atoms with Crippen molar-refractivity contribution in [2.45, 2.75) is 6.42 Å². The van der Waals surface area contributed by atoms with Crippen molar-refractivity contribution in [3.8, 4) is 11.5 Å². The van der Waals surface area contributed by atoms with Crippen molar-refractivity contribution >= 4 is 23.2 Å². The van der Waals surface area contributed by atoms with Crippen LogP contribution >= 0.6 is 0 Å². The number of hydrogen-bond acceptors (Lipinski definition) is 4. The molecule has 2 amide bonds. The number of amides is 2. The van der Waals surface area contributed by atoms with Crippen molar-refractivity contribution < 1.29 is 19.1 Å². The van der Waals surface area contributed by atoms with Gasteiger partial charge in [0.25, 0.3) is 0 Å². The topological polar surface area (TPSA) is 67.9 Å². The summed E-state index contributed by atoms with van der Waals surface area (Å²) in [4.78, 5) is 26.7. The van der Waals surface area contributed by atoms with Crippen LogP contribution in [0.25, 0.3) is 0 Å². The zero-order chi connectivity index (χ0) is 18.7. The summed E-state index contributed by atoms with van der Waals surface area (Å²) in [5, 5.41) is 2.85. The molecule has 0 heterocycles. The molecule has 2 aromatic carbocycles. The number of methoxy groups -OCH3 is 2. The summed E-state index contributed by atoms with van der Waals surface area (Å²) in [6.45, 7) is 0. The molecule has 0 radical (unpaired) electrons. The molecule has 0 saturated heterocycles. The van der Waals surface area contributed by atoms with Crippen LogP contribution in [0, 0.1) is 11.8 Å². The molecule has 6 heteroatoms. The molecule has 0 spiro atoms. The van der Waals surface area contributed by atoms with E-state index < -0.39 is 0 Å². The van der Waals surface area contributed by atoms with Crippen LogP contribution in [0.15, 0.2) is 48.5 Å². The van der Waals surface area contributed by atoms with Gasteiger partial charge in [-0.15, -0.1) is 0 Å². The minimum absolute atomic E-state index is 0.0473. The van der Waals surface area contributed by atoms with Gasteiger partial charge in [0, 0.05) is 18.8 Å². The first-order valence-electron chi connectivity index (χ1n) is 8.40. The Hall–Kier alpha value is -3.02. The first-order valence-corrected chi connectivity index (χ1v) is 8.40. The van der Waals surface area contributed by atoms with Gasteiger partial charge >= 0.3 is 0 Å². The van der Waals surface area contributed by atoms with Crippen LogP contribution in [0.4, 0.5) is 11.4 Å². The highest BCUT2D eigenvalue weighted by atomic mass is 16.5. The molecular weight excluding hydrogens is 332 g/mol. The van der Waals surface area contributed by atoms with Crippen LogP contribution < -0.4 is 19.7 Å². The number of ether oxygens (including phenoxy) is 2. The van der Waals surface area contributed by atoms with Crippen molar-refractivity contribution in [1.82, 2.24) is 0 Å². The molecule has 1 N–H and O–H groups in total. The quantitative estimate of drug-likeness (QED) is 0.866. The molecule has 1 fully saturated rings. The number of nitrogens with one attached hydrogen (secondary N) is 1. The van der Waals surface area contributed by atoms with Crippen LogP contribution in [0.2, 0.25) is 0 Å². The summed E-state index contributed by atoms with van der Waals surface area (Å²) in [7, 11) is 4.83. The Morgan fingerprint density at radius 2 is 1.77 bits per heavy atom. The maximum atomic E-state index is 12.6.